The van der Waals surface area contributed by atoms with Crippen LogP contribution in [-0.2, 0) is 4.74 Å². The third-order valence-electron chi connectivity index (χ3n) is 2.60. The molecular weight excluding hydrogens is 162 g/mol. The molecule has 1 saturated heterocycles. The molecule has 0 amide bonds. The van der Waals surface area contributed by atoms with Gasteiger partial charge in [0.05, 0.1) is 6.61 Å². The molecule has 1 heterocycles. The zero-order valence-corrected chi connectivity index (χ0v) is 8.38. The highest BCUT2D eigenvalue weighted by molar-refractivity contribution is 4.88. The van der Waals surface area contributed by atoms with Crippen LogP contribution in [0.1, 0.15) is 26.2 Å². The van der Waals surface area contributed by atoms with Crippen LogP contribution in [0.5, 0.6) is 0 Å². The lowest BCUT2D eigenvalue weighted by molar-refractivity contribution is 0.175. The summed E-state index contributed by atoms with van der Waals surface area (Å²) in [5.41, 5.74) is 0. The molecule has 1 aliphatic rings. The van der Waals surface area contributed by atoms with Crippen LogP contribution in [0, 0.1) is 18.3 Å². The van der Waals surface area contributed by atoms with E-state index >= 15 is 0 Å². The molecule has 0 spiro atoms. The second-order valence-electron chi connectivity index (χ2n) is 3.53. The van der Waals surface area contributed by atoms with Crippen LogP contribution in [0.3, 0.4) is 0 Å². The summed E-state index contributed by atoms with van der Waals surface area (Å²) in [6, 6.07) is 0.559. The van der Waals surface area contributed by atoms with Crippen molar-refractivity contribution in [1.29, 1.82) is 0 Å². The molecule has 0 aromatic rings. The van der Waals surface area contributed by atoms with Gasteiger partial charge in [-0.05, 0) is 25.3 Å². The van der Waals surface area contributed by atoms with E-state index in [-0.39, 0.29) is 0 Å². The summed E-state index contributed by atoms with van der Waals surface area (Å²) in [4.78, 5) is 0. The van der Waals surface area contributed by atoms with Crippen LogP contribution in [0.15, 0.2) is 0 Å². The Morgan fingerprint density at radius 3 is 3.08 bits per heavy atom. The van der Waals surface area contributed by atoms with E-state index in [2.05, 4.69) is 18.2 Å². The van der Waals surface area contributed by atoms with Gasteiger partial charge in [0, 0.05) is 19.1 Å². The Bertz CT molecular complexity index is 167. The first-order valence-electron chi connectivity index (χ1n) is 5.13. The van der Waals surface area contributed by atoms with Crippen molar-refractivity contribution in [3.63, 3.8) is 0 Å². The lowest BCUT2D eigenvalue weighted by atomic mass is 9.95. The van der Waals surface area contributed by atoms with Gasteiger partial charge in [-0.2, -0.15) is 0 Å². The molecule has 2 atom stereocenters. The first-order valence-corrected chi connectivity index (χ1v) is 5.13. The van der Waals surface area contributed by atoms with Crippen molar-refractivity contribution in [2.45, 2.75) is 32.2 Å². The lowest BCUT2D eigenvalue weighted by Crippen LogP contribution is -2.36. The number of ether oxygens (including phenoxy) is 1. The van der Waals surface area contributed by atoms with Gasteiger partial charge in [-0.3, -0.25) is 0 Å². The molecule has 0 radical (unpaired) electrons. The first-order chi connectivity index (χ1) is 6.38. The molecule has 1 N–H and O–H groups in total. The minimum atomic E-state index is 0.559. The number of rotatable bonds is 5. The minimum Gasteiger partial charge on any atom is -0.381 e. The predicted molar refractivity (Wildman–Crippen MR) is 54.5 cm³/mol. The second kappa shape index (κ2) is 6.01. The molecule has 0 saturated carbocycles. The standard InChI is InChI=1S/C11H19NO/c1-3-5-6-11(12-4-2)10-7-8-13-9-10/h1,10-12H,4-9H2,2H3. The van der Waals surface area contributed by atoms with Crippen molar-refractivity contribution in [3.05, 3.63) is 0 Å². The SMILES string of the molecule is C#CCCC(NCC)C1CCOC1. The van der Waals surface area contributed by atoms with Gasteiger partial charge in [0.1, 0.15) is 0 Å². The molecule has 0 aromatic heterocycles. The fraction of sp³-hybridized carbons (Fsp3) is 0.818. The molecule has 1 fully saturated rings. The largest absolute Gasteiger partial charge is 0.381 e. The van der Waals surface area contributed by atoms with Crippen molar-refractivity contribution in [1.82, 2.24) is 5.32 Å². The van der Waals surface area contributed by atoms with Gasteiger partial charge in [-0.25, -0.2) is 0 Å². The molecule has 1 aliphatic heterocycles. The van der Waals surface area contributed by atoms with E-state index < -0.39 is 0 Å². The van der Waals surface area contributed by atoms with Crippen LogP contribution in [-0.4, -0.2) is 25.8 Å². The van der Waals surface area contributed by atoms with Crippen LogP contribution < -0.4 is 5.32 Å². The number of nitrogens with one attached hydrogen (secondary N) is 1. The molecule has 0 aromatic carbocycles. The molecule has 1 rings (SSSR count). The summed E-state index contributed by atoms with van der Waals surface area (Å²) in [6.07, 6.45) is 8.40. The van der Waals surface area contributed by atoms with Gasteiger partial charge >= 0.3 is 0 Å². The minimum absolute atomic E-state index is 0.559. The van der Waals surface area contributed by atoms with Crippen LogP contribution >= 0.6 is 0 Å². The molecular formula is C11H19NO. The smallest absolute Gasteiger partial charge is 0.0510 e. The van der Waals surface area contributed by atoms with Gasteiger partial charge in [-0.15, -0.1) is 12.3 Å². The molecule has 2 unspecified atom stereocenters. The van der Waals surface area contributed by atoms with E-state index in [0.29, 0.717) is 12.0 Å². The Morgan fingerprint density at radius 1 is 1.69 bits per heavy atom. The number of terminal acetylenes is 1. The number of hydrogen-bond donors (Lipinski definition) is 1. The average Bonchev–Trinajstić information content (AvgIpc) is 2.65. The summed E-state index contributed by atoms with van der Waals surface area (Å²) in [7, 11) is 0. The molecule has 74 valence electrons. The highest BCUT2D eigenvalue weighted by Gasteiger charge is 2.24. The van der Waals surface area contributed by atoms with Crippen molar-refractivity contribution in [2.75, 3.05) is 19.8 Å². The Balaban J connectivity index is 2.31. The zero-order chi connectivity index (χ0) is 9.52. The van der Waals surface area contributed by atoms with Crippen LogP contribution in [0.2, 0.25) is 0 Å². The van der Waals surface area contributed by atoms with Crippen LogP contribution in [0.4, 0.5) is 0 Å². The van der Waals surface area contributed by atoms with E-state index in [1.165, 1.54) is 6.42 Å². The molecule has 13 heavy (non-hydrogen) atoms. The Labute approximate surface area is 81.0 Å². The van der Waals surface area contributed by atoms with Gasteiger partial charge in [0.2, 0.25) is 0 Å². The Morgan fingerprint density at radius 2 is 2.54 bits per heavy atom. The first kappa shape index (κ1) is 10.6. The number of hydrogen-bond acceptors (Lipinski definition) is 2. The Kier molecular flexibility index (Phi) is 4.88. The van der Waals surface area contributed by atoms with E-state index in [0.717, 1.165) is 32.6 Å². The normalized spacial score (nSPS) is 24.2. The summed E-state index contributed by atoms with van der Waals surface area (Å²) in [5, 5.41) is 3.48. The highest BCUT2D eigenvalue weighted by Crippen LogP contribution is 2.19. The van der Waals surface area contributed by atoms with Gasteiger partial charge < -0.3 is 10.1 Å². The third kappa shape index (κ3) is 3.38. The Hall–Kier alpha value is -0.520. The highest BCUT2D eigenvalue weighted by atomic mass is 16.5. The monoisotopic (exact) mass is 181 g/mol. The van der Waals surface area contributed by atoms with E-state index in [1.54, 1.807) is 0 Å². The maximum atomic E-state index is 5.37. The maximum Gasteiger partial charge on any atom is 0.0510 e. The molecule has 2 heteroatoms. The lowest BCUT2D eigenvalue weighted by Gasteiger charge is -2.22. The fourth-order valence-electron chi connectivity index (χ4n) is 1.88. The zero-order valence-electron chi connectivity index (χ0n) is 8.38. The van der Waals surface area contributed by atoms with Crippen molar-refractivity contribution >= 4 is 0 Å². The molecule has 0 aliphatic carbocycles. The second-order valence-corrected chi connectivity index (χ2v) is 3.53. The fourth-order valence-corrected chi connectivity index (χ4v) is 1.88. The van der Waals surface area contributed by atoms with Crippen LogP contribution in [0.25, 0.3) is 0 Å². The van der Waals surface area contributed by atoms with E-state index in [4.69, 9.17) is 11.2 Å². The molecule has 2 nitrogen and oxygen atoms in total. The van der Waals surface area contributed by atoms with Crippen molar-refractivity contribution < 1.29 is 4.74 Å². The third-order valence-corrected chi connectivity index (χ3v) is 2.60. The van der Waals surface area contributed by atoms with Gasteiger partial charge in [0.25, 0.3) is 0 Å². The quantitative estimate of drug-likeness (QED) is 0.648. The van der Waals surface area contributed by atoms with E-state index in [1.807, 2.05) is 0 Å². The van der Waals surface area contributed by atoms with Crippen molar-refractivity contribution in [3.8, 4) is 12.3 Å². The summed E-state index contributed by atoms with van der Waals surface area (Å²) < 4.78 is 5.37. The average molecular weight is 181 g/mol. The van der Waals surface area contributed by atoms with Gasteiger partial charge in [0.15, 0.2) is 0 Å². The molecule has 0 bridgehead atoms. The summed E-state index contributed by atoms with van der Waals surface area (Å²) in [5.74, 6) is 3.37. The maximum absolute atomic E-state index is 5.37. The summed E-state index contributed by atoms with van der Waals surface area (Å²) >= 11 is 0. The van der Waals surface area contributed by atoms with E-state index in [9.17, 15) is 0 Å². The predicted octanol–water partition coefficient (Wildman–Crippen LogP) is 1.41. The van der Waals surface area contributed by atoms with Crippen molar-refractivity contribution in [2.24, 2.45) is 5.92 Å². The van der Waals surface area contributed by atoms with Gasteiger partial charge in [-0.1, -0.05) is 6.92 Å². The topological polar surface area (TPSA) is 21.3 Å². The summed E-state index contributed by atoms with van der Waals surface area (Å²) in [6.45, 7) is 4.98.